The van der Waals surface area contributed by atoms with Crippen LogP contribution in [0.5, 0.6) is 5.75 Å². The van der Waals surface area contributed by atoms with Gasteiger partial charge in [0.2, 0.25) is 0 Å². The minimum atomic E-state index is -3.77. The van der Waals surface area contributed by atoms with Gasteiger partial charge in [-0.1, -0.05) is 12.1 Å². The molecule has 0 fully saturated rings. The SMILES string of the molecule is O=S(=O)(Nc1cccc(OCc2ccccn2)c1)c1c[nH]c2ncccc12. The van der Waals surface area contributed by atoms with Gasteiger partial charge in [-0.2, -0.15) is 0 Å². The maximum Gasteiger partial charge on any atom is 0.264 e. The van der Waals surface area contributed by atoms with Gasteiger partial charge < -0.3 is 9.72 Å². The van der Waals surface area contributed by atoms with Crippen LogP contribution in [0.15, 0.2) is 78.1 Å². The number of pyridine rings is 2. The third kappa shape index (κ3) is 3.75. The summed E-state index contributed by atoms with van der Waals surface area (Å²) in [6, 6.07) is 15.8. The zero-order chi connectivity index (χ0) is 18.7. The Kier molecular flexibility index (Phi) is 4.47. The predicted molar refractivity (Wildman–Crippen MR) is 102 cm³/mol. The van der Waals surface area contributed by atoms with Crippen LogP contribution in [0.25, 0.3) is 11.0 Å². The molecule has 0 spiro atoms. The van der Waals surface area contributed by atoms with Crippen LogP contribution in [-0.2, 0) is 16.6 Å². The van der Waals surface area contributed by atoms with Gasteiger partial charge in [0.05, 0.1) is 11.4 Å². The smallest absolute Gasteiger partial charge is 0.264 e. The van der Waals surface area contributed by atoms with Crippen molar-refractivity contribution in [3.8, 4) is 5.75 Å². The standard InChI is InChI=1S/C19H16N4O3S/c24-27(25,18-12-22-19-17(18)8-4-10-21-19)23-14-6-3-7-16(11-14)26-13-15-5-1-2-9-20-15/h1-12,23H,13H2,(H,21,22). The first-order valence-electron chi connectivity index (χ1n) is 8.19. The Bertz CT molecular complexity index is 1170. The summed E-state index contributed by atoms with van der Waals surface area (Å²) in [5.74, 6) is 0.543. The lowest BCUT2D eigenvalue weighted by atomic mass is 10.3. The molecule has 0 saturated carbocycles. The zero-order valence-corrected chi connectivity index (χ0v) is 15.0. The lowest BCUT2D eigenvalue weighted by Crippen LogP contribution is -2.12. The molecule has 7 nitrogen and oxygen atoms in total. The monoisotopic (exact) mass is 380 g/mol. The number of nitrogens with zero attached hydrogens (tertiary/aromatic N) is 2. The average molecular weight is 380 g/mol. The number of rotatable bonds is 6. The molecule has 0 aliphatic rings. The van der Waals surface area contributed by atoms with Crippen molar-refractivity contribution in [3.63, 3.8) is 0 Å². The summed E-state index contributed by atoms with van der Waals surface area (Å²) in [5, 5.41) is 0.535. The number of ether oxygens (including phenoxy) is 1. The lowest BCUT2D eigenvalue weighted by Gasteiger charge is -2.10. The summed E-state index contributed by atoms with van der Waals surface area (Å²) < 4.78 is 33.8. The van der Waals surface area contributed by atoms with E-state index in [2.05, 4.69) is 19.7 Å². The fraction of sp³-hybridized carbons (Fsp3) is 0.0526. The fourth-order valence-corrected chi connectivity index (χ4v) is 3.87. The highest BCUT2D eigenvalue weighted by molar-refractivity contribution is 7.93. The Hall–Kier alpha value is -3.39. The van der Waals surface area contributed by atoms with Crippen LogP contribution in [0.2, 0.25) is 0 Å². The molecule has 27 heavy (non-hydrogen) atoms. The van der Waals surface area contributed by atoms with Gasteiger partial charge in [0.25, 0.3) is 10.0 Å². The number of aromatic nitrogens is 3. The van der Waals surface area contributed by atoms with Gasteiger partial charge in [0.1, 0.15) is 22.9 Å². The third-order valence-electron chi connectivity index (χ3n) is 3.90. The molecule has 4 rings (SSSR count). The second kappa shape index (κ2) is 7.08. The van der Waals surface area contributed by atoms with E-state index in [0.29, 0.717) is 29.1 Å². The van der Waals surface area contributed by atoms with E-state index in [9.17, 15) is 8.42 Å². The largest absolute Gasteiger partial charge is 0.487 e. The maximum absolute atomic E-state index is 12.8. The summed E-state index contributed by atoms with van der Waals surface area (Å²) >= 11 is 0. The maximum atomic E-state index is 12.8. The number of fused-ring (bicyclic) bond motifs is 1. The number of sulfonamides is 1. The second-order valence-electron chi connectivity index (χ2n) is 5.80. The molecule has 0 bridgehead atoms. The van der Waals surface area contributed by atoms with Crippen molar-refractivity contribution >= 4 is 26.7 Å². The Morgan fingerprint density at radius 1 is 1.00 bits per heavy atom. The van der Waals surface area contributed by atoms with Crippen LogP contribution in [0, 0.1) is 0 Å². The molecule has 0 unspecified atom stereocenters. The van der Waals surface area contributed by atoms with Crippen LogP contribution in [0.3, 0.4) is 0 Å². The molecular weight excluding hydrogens is 364 g/mol. The van der Waals surface area contributed by atoms with Gasteiger partial charge in [-0.15, -0.1) is 0 Å². The van der Waals surface area contributed by atoms with E-state index in [1.807, 2.05) is 18.2 Å². The molecule has 8 heteroatoms. The number of hydrogen-bond donors (Lipinski definition) is 2. The van der Waals surface area contributed by atoms with Gasteiger partial charge in [0.15, 0.2) is 0 Å². The number of hydrogen-bond acceptors (Lipinski definition) is 5. The molecule has 0 aliphatic heterocycles. The van der Waals surface area contributed by atoms with Crippen molar-refractivity contribution in [3.05, 3.63) is 78.9 Å². The van der Waals surface area contributed by atoms with Crippen molar-refractivity contribution in [2.24, 2.45) is 0 Å². The van der Waals surface area contributed by atoms with Crippen molar-refractivity contribution in [2.45, 2.75) is 11.5 Å². The third-order valence-corrected chi connectivity index (χ3v) is 5.32. The molecule has 2 N–H and O–H groups in total. The Balaban J connectivity index is 1.54. The van der Waals surface area contributed by atoms with Gasteiger partial charge in [-0.05, 0) is 36.4 Å². The highest BCUT2D eigenvalue weighted by Crippen LogP contribution is 2.25. The Labute approximate surface area is 156 Å². The summed E-state index contributed by atoms with van der Waals surface area (Å²) in [7, 11) is -3.77. The van der Waals surface area contributed by atoms with E-state index in [-0.39, 0.29) is 4.90 Å². The van der Waals surface area contributed by atoms with E-state index in [4.69, 9.17) is 4.74 Å². The minimum Gasteiger partial charge on any atom is -0.487 e. The summed E-state index contributed by atoms with van der Waals surface area (Å²) in [6.45, 7) is 0.297. The molecule has 3 aromatic heterocycles. The molecule has 0 aliphatic carbocycles. The Morgan fingerprint density at radius 3 is 2.74 bits per heavy atom. The summed E-state index contributed by atoms with van der Waals surface area (Å²) in [6.07, 6.45) is 4.73. The normalized spacial score (nSPS) is 11.4. The van der Waals surface area contributed by atoms with E-state index in [1.165, 1.54) is 6.20 Å². The Morgan fingerprint density at radius 2 is 1.89 bits per heavy atom. The minimum absolute atomic E-state index is 0.144. The molecule has 3 heterocycles. The molecular formula is C19H16N4O3S. The number of anilines is 1. The van der Waals surface area contributed by atoms with E-state index >= 15 is 0 Å². The van der Waals surface area contributed by atoms with Gasteiger partial charge in [-0.25, -0.2) is 13.4 Å². The van der Waals surface area contributed by atoms with Crippen molar-refractivity contribution in [1.82, 2.24) is 15.0 Å². The van der Waals surface area contributed by atoms with Crippen LogP contribution < -0.4 is 9.46 Å². The number of H-pyrrole nitrogens is 1. The molecule has 0 atom stereocenters. The van der Waals surface area contributed by atoms with Crippen LogP contribution in [-0.4, -0.2) is 23.4 Å². The highest BCUT2D eigenvalue weighted by Gasteiger charge is 2.19. The molecule has 1 aromatic carbocycles. The first kappa shape index (κ1) is 17.0. The number of nitrogens with one attached hydrogen (secondary N) is 2. The molecule has 0 amide bonds. The van der Waals surface area contributed by atoms with E-state index in [0.717, 1.165) is 5.69 Å². The second-order valence-corrected chi connectivity index (χ2v) is 7.45. The number of benzene rings is 1. The van der Waals surface area contributed by atoms with Crippen molar-refractivity contribution < 1.29 is 13.2 Å². The van der Waals surface area contributed by atoms with Crippen molar-refractivity contribution in [2.75, 3.05) is 4.72 Å². The topological polar surface area (TPSA) is 97.0 Å². The van der Waals surface area contributed by atoms with Crippen LogP contribution >= 0.6 is 0 Å². The first-order valence-corrected chi connectivity index (χ1v) is 9.68. The van der Waals surface area contributed by atoms with Crippen LogP contribution in [0.1, 0.15) is 5.69 Å². The predicted octanol–water partition coefficient (Wildman–Crippen LogP) is 3.34. The lowest BCUT2D eigenvalue weighted by molar-refractivity contribution is 0.301. The summed E-state index contributed by atoms with van der Waals surface area (Å²) in [5.41, 5.74) is 1.71. The van der Waals surface area contributed by atoms with Crippen molar-refractivity contribution in [1.29, 1.82) is 0 Å². The van der Waals surface area contributed by atoms with Gasteiger partial charge in [0, 0.05) is 30.0 Å². The number of aromatic amines is 1. The van der Waals surface area contributed by atoms with E-state index in [1.54, 1.807) is 48.8 Å². The average Bonchev–Trinajstić information content (AvgIpc) is 3.12. The van der Waals surface area contributed by atoms with Gasteiger partial charge >= 0.3 is 0 Å². The van der Waals surface area contributed by atoms with E-state index < -0.39 is 10.0 Å². The first-order chi connectivity index (χ1) is 13.1. The summed E-state index contributed by atoms with van der Waals surface area (Å²) in [4.78, 5) is 11.3. The molecule has 0 radical (unpaired) electrons. The zero-order valence-electron chi connectivity index (χ0n) is 14.2. The molecule has 4 aromatic rings. The fourth-order valence-electron chi connectivity index (χ4n) is 2.65. The highest BCUT2D eigenvalue weighted by atomic mass is 32.2. The quantitative estimate of drug-likeness (QED) is 0.535. The molecule has 0 saturated heterocycles. The van der Waals surface area contributed by atoms with Crippen LogP contribution in [0.4, 0.5) is 5.69 Å². The molecule has 136 valence electrons. The van der Waals surface area contributed by atoms with Gasteiger partial charge in [-0.3, -0.25) is 9.71 Å².